The molecule has 0 amide bonds. The number of nitrogens with zero attached hydrogens (tertiary/aromatic N) is 3. The number of hydrogen-bond acceptors (Lipinski definition) is 4. The zero-order valence-corrected chi connectivity index (χ0v) is 8.00. The molecule has 13 heavy (non-hydrogen) atoms. The van der Waals surface area contributed by atoms with E-state index in [2.05, 4.69) is 16.5 Å². The number of aryl methyl sites for hydroxylation is 1. The van der Waals surface area contributed by atoms with Gasteiger partial charge in [-0.15, -0.1) is 0 Å². The van der Waals surface area contributed by atoms with Crippen molar-refractivity contribution in [2.24, 2.45) is 0 Å². The van der Waals surface area contributed by atoms with Crippen LogP contribution in [0.3, 0.4) is 0 Å². The topological polar surface area (TPSA) is 52.0 Å². The van der Waals surface area contributed by atoms with Crippen molar-refractivity contribution in [2.45, 2.75) is 6.92 Å². The van der Waals surface area contributed by atoms with Gasteiger partial charge in [-0.3, -0.25) is 4.98 Å². The molecule has 4 nitrogen and oxygen atoms in total. The quantitative estimate of drug-likeness (QED) is 0.687. The van der Waals surface area contributed by atoms with Crippen LogP contribution in [0, 0.1) is 18.3 Å². The molecule has 68 valence electrons. The van der Waals surface area contributed by atoms with E-state index < -0.39 is 0 Å². The zero-order valence-electron chi connectivity index (χ0n) is 8.00. The predicted molar refractivity (Wildman–Crippen MR) is 51.0 cm³/mol. The average molecular weight is 176 g/mol. The van der Waals surface area contributed by atoms with Crippen molar-refractivity contribution in [3.05, 3.63) is 23.5 Å². The van der Waals surface area contributed by atoms with E-state index in [1.165, 1.54) is 0 Å². The molecular formula is C9H12N4. The fraction of sp³-hybridized carbons (Fsp3) is 0.333. The molecule has 0 atom stereocenters. The summed E-state index contributed by atoms with van der Waals surface area (Å²) in [5, 5.41) is 10.6. The monoisotopic (exact) mass is 176 g/mol. The summed E-state index contributed by atoms with van der Waals surface area (Å²) in [7, 11) is 3.74. The van der Waals surface area contributed by atoms with Gasteiger partial charge in [0.2, 0.25) is 0 Å². The van der Waals surface area contributed by atoms with Gasteiger partial charge < -0.3 is 5.43 Å². The maximum absolute atomic E-state index is 8.77. The summed E-state index contributed by atoms with van der Waals surface area (Å²) in [5.74, 6) is 0. The molecule has 1 rings (SSSR count). The molecule has 0 aliphatic carbocycles. The van der Waals surface area contributed by atoms with Gasteiger partial charge in [0.25, 0.3) is 0 Å². The van der Waals surface area contributed by atoms with Crippen molar-refractivity contribution < 1.29 is 0 Å². The summed E-state index contributed by atoms with van der Waals surface area (Å²) in [5.41, 5.74) is 5.27. The minimum atomic E-state index is 0.555. The second kappa shape index (κ2) is 3.87. The fourth-order valence-corrected chi connectivity index (χ4v) is 0.982. The normalized spacial score (nSPS) is 9.77. The molecule has 0 bridgehead atoms. The summed E-state index contributed by atoms with van der Waals surface area (Å²) in [4.78, 5) is 4.04. The second-order valence-electron chi connectivity index (χ2n) is 2.99. The highest BCUT2D eigenvalue weighted by atomic mass is 15.5. The highest BCUT2D eigenvalue weighted by Crippen LogP contribution is 2.14. The number of aromatic nitrogens is 1. The van der Waals surface area contributed by atoms with E-state index in [1.54, 1.807) is 11.2 Å². The van der Waals surface area contributed by atoms with E-state index in [9.17, 15) is 0 Å². The molecule has 0 aromatic carbocycles. The van der Waals surface area contributed by atoms with Crippen molar-refractivity contribution in [3.63, 3.8) is 0 Å². The standard InChI is InChI=1S/C9H12N4/c1-7-4-9(12-13(2)3)8(5-10)6-11-7/h4,6H,1-3H3,(H,11,12). The van der Waals surface area contributed by atoms with E-state index in [-0.39, 0.29) is 0 Å². The maximum Gasteiger partial charge on any atom is 0.103 e. The molecule has 4 heteroatoms. The minimum absolute atomic E-state index is 0.555. The first kappa shape index (κ1) is 9.49. The van der Waals surface area contributed by atoms with Crippen LogP contribution in [0.15, 0.2) is 12.3 Å². The van der Waals surface area contributed by atoms with Gasteiger partial charge in [0.1, 0.15) is 6.07 Å². The molecule has 1 aromatic heterocycles. The van der Waals surface area contributed by atoms with E-state index in [0.717, 1.165) is 11.4 Å². The SMILES string of the molecule is Cc1cc(NN(C)C)c(C#N)cn1. The van der Waals surface area contributed by atoms with Crippen molar-refractivity contribution in [1.29, 1.82) is 5.26 Å². The van der Waals surface area contributed by atoms with Crippen molar-refractivity contribution in [3.8, 4) is 6.07 Å². The van der Waals surface area contributed by atoms with E-state index in [4.69, 9.17) is 5.26 Å². The number of nitrogens with one attached hydrogen (secondary N) is 1. The maximum atomic E-state index is 8.77. The molecule has 1 heterocycles. The highest BCUT2D eigenvalue weighted by Gasteiger charge is 2.02. The zero-order chi connectivity index (χ0) is 9.84. The van der Waals surface area contributed by atoms with Gasteiger partial charge in [0.05, 0.1) is 11.3 Å². The Balaban J connectivity index is 3.03. The molecule has 0 aliphatic heterocycles. The first-order valence-electron chi connectivity index (χ1n) is 3.94. The smallest absolute Gasteiger partial charge is 0.103 e. The first-order chi connectivity index (χ1) is 6.13. The largest absolute Gasteiger partial charge is 0.318 e. The number of hydrazine groups is 1. The van der Waals surface area contributed by atoms with Gasteiger partial charge in [-0.2, -0.15) is 5.26 Å². The summed E-state index contributed by atoms with van der Waals surface area (Å²) in [6.45, 7) is 1.89. The molecule has 0 radical (unpaired) electrons. The number of hydrogen-bond donors (Lipinski definition) is 1. The Morgan fingerprint density at radius 1 is 1.54 bits per heavy atom. The van der Waals surface area contributed by atoms with Crippen LogP contribution in [-0.4, -0.2) is 24.1 Å². The van der Waals surface area contributed by atoms with Gasteiger partial charge in [0, 0.05) is 26.0 Å². The summed E-state index contributed by atoms with van der Waals surface area (Å²) < 4.78 is 0. The average Bonchev–Trinajstić information content (AvgIpc) is 2.03. The van der Waals surface area contributed by atoms with Crippen LogP contribution in [0.5, 0.6) is 0 Å². The van der Waals surface area contributed by atoms with Crippen LogP contribution in [-0.2, 0) is 0 Å². The predicted octanol–water partition coefficient (Wildman–Crippen LogP) is 1.15. The third-order valence-electron chi connectivity index (χ3n) is 1.51. The Bertz CT molecular complexity index is 338. The Hall–Kier alpha value is -1.60. The highest BCUT2D eigenvalue weighted by molar-refractivity contribution is 5.56. The summed E-state index contributed by atoms with van der Waals surface area (Å²) in [6, 6.07) is 3.92. The second-order valence-corrected chi connectivity index (χ2v) is 2.99. The van der Waals surface area contributed by atoms with Crippen LogP contribution < -0.4 is 5.43 Å². The molecule has 0 saturated heterocycles. The lowest BCUT2D eigenvalue weighted by molar-refractivity contribution is 0.495. The molecule has 0 saturated carbocycles. The number of anilines is 1. The first-order valence-corrected chi connectivity index (χ1v) is 3.94. The van der Waals surface area contributed by atoms with Crippen molar-refractivity contribution in [2.75, 3.05) is 19.5 Å². The van der Waals surface area contributed by atoms with Crippen LogP contribution in [0.4, 0.5) is 5.69 Å². The Kier molecular flexibility index (Phi) is 2.83. The molecular weight excluding hydrogens is 164 g/mol. The Morgan fingerprint density at radius 2 is 2.23 bits per heavy atom. The van der Waals surface area contributed by atoms with Crippen molar-refractivity contribution >= 4 is 5.69 Å². The van der Waals surface area contributed by atoms with Crippen LogP contribution in [0.1, 0.15) is 11.3 Å². The molecule has 0 unspecified atom stereocenters. The van der Waals surface area contributed by atoms with Gasteiger partial charge in [-0.1, -0.05) is 0 Å². The van der Waals surface area contributed by atoms with Gasteiger partial charge in [-0.05, 0) is 13.0 Å². The molecule has 0 aliphatic rings. The number of nitriles is 1. The minimum Gasteiger partial charge on any atom is -0.318 e. The van der Waals surface area contributed by atoms with E-state index >= 15 is 0 Å². The molecule has 0 spiro atoms. The molecule has 1 aromatic rings. The number of pyridine rings is 1. The Morgan fingerprint density at radius 3 is 2.77 bits per heavy atom. The van der Waals surface area contributed by atoms with Gasteiger partial charge >= 0.3 is 0 Å². The Labute approximate surface area is 77.8 Å². The third-order valence-corrected chi connectivity index (χ3v) is 1.51. The lowest BCUT2D eigenvalue weighted by Crippen LogP contribution is -2.20. The van der Waals surface area contributed by atoms with Crippen LogP contribution >= 0.6 is 0 Å². The van der Waals surface area contributed by atoms with E-state index in [1.807, 2.05) is 27.1 Å². The van der Waals surface area contributed by atoms with Crippen LogP contribution in [0.25, 0.3) is 0 Å². The lowest BCUT2D eigenvalue weighted by Gasteiger charge is -2.14. The summed E-state index contributed by atoms with van der Waals surface area (Å²) in [6.07, 6.45) is 1.57. The van der Waals surface area contributed by atoms with Crippen molar-refractivity contribution in [1.82, 2.24) is 9.99 Å². The fourth-order valence-electron chi connectivity index (χ4n) is 0.982. The third kappa shape index (κ3) is 2.42. The number of rotatable bonds is 2. The molecule has 0 fully saturated rings. The van der Waals surface area contributed by atoms with Gasteiger partial charge in [-0.25, -0.2) is 5.01 Å². The van der Waals surface area contributed by atoms with Gasteiger partial charge in [0.15, 0.2) is 0 Å². The van der Waals surface area contributed by atoms with Crippen LogP contribution in [0.2, 0.25) is 0 Å². The summed E-state index contributed by atoms with van der Waals surface area (Å²) >= 11 is 0. The molecule has 1 N–H and O–H groups in total. The van der Waals surface area contributed by atoms with E-state index in [0.29, 0.717) is 5.56 Å². The lowest BCUT2D eigenvalue weighted by atomic mass is 10.2.